The molecule has 0 fully saturated rings. The van der Waals surface area contributed by atoms with Crippen LogP contribution in [-0.4, -0.2) is 10.1 Å². The van der Waals surface area contributed by atoms with E-state index in [0.29, 0.717) is 17.4 Å². The summed E-state index contributed by atoms with van der Waals surface area (Å²) in [5.41, 5.74) is 6.15. The van der Waals surface area contributed by atoms with Gasteiger partial charge in [0.2, 0.25) is 11.7 Å². The van der Waals surface area contributed by atoms with Crippen LogP contribution in [0.15, 0.2) is 28.8 Å². The summed E-state index contributed by atoms with van der Waals surface area (Å²) in [7, 11) is 0. The third-order valence-corrected chi connectivity index (χ3v) is 2.36. The number of nitrogens with zero attached hydrogens (tertiary/aromatic N) is 2. The van der Waals surface area contributed by atoms with Crippen molar-refractivity contribution < 1.29 is 9.26 Å². The Balaban J connectivity index is 1.98. The third kappa shape index (κ3) is 3.00. The maximum Gasteiger partial charge on any atom is 0.232 e. The normalized spacial score (nSPS) is 11.5. The van der Waals surface area contributed by atoms with Crippen LogP contribution < -0.4 is 10.5 Å². The molecule has 0 saturated heterocycles. The number of ether oxygens (including phenoxy) is 1. The largest absolute Gasteiger partial charge is 0.485 e. The quantitative estimate of drug-likeness (QED) is 0.843. The molecule has 0 amide bonds. The summed E-state index contributed by atoms with van der Waals surface area (Å²) < 4.78 is 10.7. The molecular formula is C13H17N3O2. The SMILES string of the molecule is CC(C)(C)c1nc(COc2ccc(N)cc2)no1. The van der Waals surface area contributed by atoms with Crippen LogP contribution in [0.2, 0.25) is 0 Å². The van der Waals surface area contributed by atoms with Gasteiger partial charge >= 0.3 is 0 Å². The van der Waals surface area contributed by atoms with Crippen LogP contribution in [0.1, 0.15) is 32.5 Å². The molecule has 0 saturated carbocycles. The Labute approximate surface area is 106 Å². The van der Waals surface area contributed by atoms with Crippen LogP contribution in [0.5, 0.6) is 5.75 Å². The van der Waals surface area contributed by atoms with Crippen LogP contribution in [-0.2, 0) is 12.0 Å². The maximum absolute atomic E-state index is 5.59. The molecule has 1 heterocycles. The molecule has 0 aliphatic carbocycles. The van der Waals surface area contributed by atoms with Gasteiger partial charge in [0.05, 0.1) is 0 Å². The highest BCUT2D eigenvalue weighted by atomic mass is 16.5. The number of hydrogen-bond acceptors (Lipinski definition) is 5. The van der Waals surface area contributed by atoms with E-state index < -0.39 is 0 Å². The van der Waals surface area contributed by atoms with Gasteiger partial charge in [0.25, 0.3) is 0 Å². The van der Waals surface area contributed by atoms with Gasteiger partial charge in [-0.2, -0.15) is 4.98 Å². The first-order valence-electron chi connectivity index (χ1n) is 5.76. The molecule has 5 heteroatoms. The van der Waals surface area contributed by atoms with Crippen LogP contribution in [0, 0.1) is 0 Å². The van der Waals surface area contributed by atoms with Crippen LogP contribution in [0.3, 0.4) is 0 Å². The summed E-state index contributed by atoms with van der Waals surface area (Å²) in [6.07, 6.45) is 0. The fourth-order valence-electron chi connectivity index (χ4n) is 1.33. The lowest BCUT2D eigenvalue weighted by Crippen LogP contribution is -2.11. The van der Waals surface area contributed by atoms with E-state index in [-0.39, 0.29) is 12.0 Å². The van der Waals surface area contributed by atoms with Crippen molar-refractivity contribution in [1.82, 2.24) is 10.1 Å². The van der Waals surface area contributed by atoms with Gasteiger partial charge in [-0.05, 0) is 24.3 Å². The van der Waals surface area contributed by atoms with Crippen LogP contribution in [0.4, 0.5) is 5.69 Å². The minimum absolute atomic E-state index is 0.146. The number of nitrogen functional groups attached to an aromatic ring is 1. The topological polar surface area (TPSA) is 74.2 Å². The second-order valence-electron chi connectivity index (χ2n) is 5.12. The first-order valence-corrected chi connectivity index (χ1v) is 5.76. The van der Waals surface area contributed by atoms with Crippen molar-refractivity contribution in [2.45, 2.75) is 32.8 Å². The maximum atomic E-state index is 5.59. The molecule has 0 bridgehead atoms. The number of benzene rings is 1. The van der Waals surface area contributed by atoms with E-state index in [1.807, 2.05) is 20.8 Å². The average molecular weight is 247 g/mol. The third-order valence-electron chi connectivity index (χ3n) is 2.36. The zero-order valence-electron chi connectivity index (χ0n) is 10.8. The summed E-state index contributed by atoms with van der Waals surface area (Å²) in [4.78, 5) is 4.29. The van der Waals surface area contributed by atoms with Crippen LogP contribution in [0.25, 0.3) is 0 Å². The first kappa shape index (κ1) is 12.4. The second-order valence-corrected chi connectivity index (χ2v) is 5.12. The Morgan fingerprint density at radius 2 is 1.89 bits per heavy atom. The highest BCUT2D eigenvalue weighted by Gasteiger charge is 2.21. The molecule has 1 aromatic heterocycles. The molecule has 0 radical (unpaired) electrons. The summed E-state index contributed by atoms with van der Waals surface area (Å²) in [5, 5.41) is 3.88. The molecule has 2 rings (SSSR count). The molecule has 2 aromatic rings. The molecule has 5 nitrogen and oxygen atoms in total. The predicted octanol–water partition coefficient (Wildman–Crippen LogP) is 2.53. The van der Waals surface area contributed by atoms with E-state index in [1.165, 1.54) is 0 Å². The molecule has 2 N–H and O–H groups in total. The highest BCUT2D eigenvalue weighted by molar-refractivity contribution is 5.41. The van der Waals surface area contributed by atoms with E-state index in [2.05, 4.69) is 10.1 Å². The molecule has 96 valence electrons. The zero-order valence-corrected chi connectivity index (χ0v) is 10.8. The van der Waals surface area contributed by atoms with Gasteiger partial charge in [-0.25, -0.2) is 0 Å². The monoisotopic (exact) mass is 247 g/mol. The predicted molar refractivity (Wildman–Crippen MR) is 68.2 cm³/mol. The van der Waals surface area contributed by atoms with Gasteiger partial charge in [0, 0.05) is 11.1 Å². The Kier molecular flexibility index (Phi) is 3.23. The molecule has 18 heavy (non-hydrogen) atoms. The van der Waals surface area contributed by atoms with Crippen molar-refractivity contribution in [3.63, 3.8) is 0 Å². The Morgan fingerprint density at radius 1 is 1.22 bits per heavy atom. The molecule has 0 spiro atoms. The number of hydrogen-bond donors (Lipinski definition) is 1. The number of aromatic nitrogens is 2. The molecule has 1 aromatic carbocycles. The average Bonchev–Trinajstić information content (AvgIpc) is 2.77. The van der Waals surface area contributed by atoms with E-state index in [1.54, 1.807) is 24.3 Å². The van der Waals surface area contributed by atoms with Crippen molar-refractivity contribution >= 4 is 5.69 Å². The summed E-state index contributed by atoms with van der Waals surface area (Å²) in [5.74, 6) is 1.88. The molecule has 0 atom stereocenters. The van der Waals surface area contributed by atoms with Crippen molar-refractivity contribution in [2.75, 3.05) is 5.73 Å². The molecule has 0 aliphatic rings. The second kappa shape index (κ2) is 4.68. The smallest absolute Gasteiger partial charge is 0.232 e. The van der Waals surface area contributed by atoms with E-state index >= 15 is 0 Å². The van der Waals surface area contributed by atoms with Crippen molar-refractivity contribution in [1.29, 1.82) is 0 Å². The fraction of sp³-hybridized carbons (Fsp3) is 0.385. The summed E-state index contributed by atoms with van der Waals surface area (Å²) in [6.45, 7) is 6.34. The van der Waals surface area contributed by atoms with Gasteiger partial charge in [0.1, 0.15) is 5.75 Å². The lowest BCUT2D eigenvalue weighted by molar-refractivity contribution is 0.280. The number of nitrogens with two attached hydrogens (primary N) is 1. The molecule has 0 unspecified atom stereocenters. The van der Waals surface area contributed by atoms with Gasteiger partial charge in [-0.1, -0.05) is 25.9 Å². The minimum atomic E-state index is -0.146. The van der Waals surface area contributed by atoms with E-state index in [0.717, 1.165) is 5.75 Å². The lowest BCUT2D eigenvalue weighted by atomic mass is 9.97. The summed E-state index contributed by atoms with van der Waals surface area (Å²) in [6, 6.07) is 7.18. The Hall–Kier alpha value is -2.04. The molecular weight excluding hydrogens is 230 g/mol. The minimum Gasteiger partial charge on any atom is -0.485 e. The van der Waals surface area contributed by atoms with Gasteiger partial charge in [-0.3, -0.25) is 0 Å². The Morgan fingerprint density at radius 3 is 2.44 bits per heavy atom. The van der Waals surface area contributed by atoms with Gasteiger partial charge < -0.3 is 15.0 Å². The highest BCUT2D eigenvalue weighted by Crippen LogP contribution is 2.20. The first-order chi connectivity index (χ1) is 8.45. The zero-order chi connectivity index (χ0) is 13.2. The number of rotatable bonds is 3. The van der Waals surface area contributed by atoms with Gasteiger partial charge in [0.15, 0.2) is 6.61 Å². The summed E-state index contributed by atoms with van der Waals surface area (Å²) >= 11 is 0. The molecule has 0 aliphatic heterocycles. The van der Waals surface area contributed by atoms with E-state index in [4.69, 9.17) is 15.0 Å². The standard InChI is InChI=1S/C13H17N3O2/c1-13(2,3)12-15-11(16-18-12)8-17-10-6-4-9(14)5-7-10/h4-7H,8,14H2,1-3H3. The lowest BCUT2D eigenvalue weighted by Gasteiger charge is -2.10. The van der Waals surface area contributed by atoms with Crippen molar-refractivity contribution in [3.8, 4) is 5.75 Å². The van der Waals surface area contributed by atoms with Gasteiger partial charge in [-0.15, -0.1) is 0 Å². The Bertz CT molecular complexity index is 512. The van der Waals surface area contributed by atoms with E-state index in [9.17, 15) is 0 Å². The fourth-order valence-corrected chi connectivity index (χ4v) is 1.33. The van der Waals surface area contributed by atoms with Crippen molar-refractivity contribution in [2.24, 2.45) is 0 Å². The van der Waals surface area contributed by atoms with Crippen LogP contribution >= 0.6 is 0 Å². The van der Waals surface area contributed by atoms with Crippen molar-refractivity contribution in [3.05, 3.63) is 36.0 Å². The number of anilines is 1.